The van der Waals surface area contributed by atoms with Crippen molar-refractivity contribution in [1.29, 1.82) is 0 Å². The fraction of sp³-hybridized carbons (Fsp3) is 0.400. The number of imidazole rings is 1. The molecular formula is C10H13N3OS. The van der Waals surface area contributed by atoms with Crippen LogP contribution in [0.1, 0.15) is 23.6 Å². The fourth-order valence-corrected chi connectivity index (χ4v) is 2.51. The lowest BCUT2D eigenvalue weighted by atomic mass is 10.3. The van der Waals surface area contributed by atoms with Crippen molar-refractivity contribution in [2.75, 3.05) is 0 Å². The molecule has 1 unspecified atom stereocenters. The second kappa shape index (κ2) is 3.75. The van der Waals surface area contributed by atoms with Gasteiger partial charge in [-0.2, -0.15) is 0 Å². The molecular weight excluding hydrogens is 210 g/mol. The third kappa shape index (κ3) is 1.80. The molecule has 2 heterocycles. The van der Waals surface area contributed by atoms with Crippen LogP contribution in [0.5, 0.6) is 0 Å². The van der Waals surface area contributed by atoms with Gasteiger partial charge < -0.3 is 9.67 Å². The Labute approximate surface area is 92.2 Å². The Bertz CT molecular complexity index is 473. The number of aryl methyl sites for hydroxylation is 2. The molecule has 5 heteroatoms. The molecule has 0 aliphatic carbocycles. The molecule has 0 aliphatic heterocycles. The highest BCUT2D eigenvalue weighted by molar-refractivity contribution is 7.15. The average Bonchev–Trinajstić information content (AvgIpc) is 2.71. The number of hydrogen-bond donors (Lipinski definition) is 1. The van der Waals surface area contributed by atoms with E-state index in [1.165, 1.54) is 11.3 Å². The summed E-state index contributed by atoms with van der Waals surface area (Å²) in [4.78, 5) is 9.55. The monoisotopic (exact) mass is 223 g/mol. The summed E-state index contributed by atoms with van der Waals surface area (Å²) >= 11 is 1.50. The summed E-state index contributed by atoms with van der Waals surface area (Å²) in [6, 6.07) is 0. The van der Waals surface area contributed by atoms with Crippen LogP contribution < -0.4 is 0 Å². The highest BCUT2D eigenvalue weighted by Gasteiger charge is 2.15. The molecule has 4 nitrogen and oxygen atoms in total. The van der Waals surface area contributed by atoms with Gasteiger partial charge >= 0.3 is 0 Å². The topological polar surface area (TPSA) is 50.9 Å². The highest BCUT2D eigenvalue weighted by atomic mass is 32.1. The smallest absolute Gasteiger partial charge is 0.168 e. The zero-order chi connectivity index (χ0) is 11.0. The van der Waals surface area contributed by atoms with Crippen LogP contribution in [0.15, 0.2) is 12.4 Å². The molecule has 0 aromatic carbocycles. The van der Waals surface area contributed by atoms with Crippen molar-refractivity contribution in [3.8, 4) is 10.8 Å². The maximum atomic E-state index is 9.53. The van der Waals surface area contributed by atoms with Crippen molar-refractivity contribution >= 4 is 11.3 Å². The minimum atomic E-state index is -0.462. The van der Waals surface area contributed by atoms with Gasteiger partial charge in [-0.25, -0.2) is 9.97 Å². The average molecular weight is 223 g/mol. The van der Waals surface area contributed by atoms with Crippen LogP contribution in [0.25, 0.3) is 10.8 Å². The third-order valence-electron chi connectivity index (χ3n) is 2.22. The van der Waals surface area contributed by atoms with Gasteiger partial charge in [0.25, 0.3) is 0 Å². The van der Waals surface area contributed by atoms with Crippen molar-refractivity contribution in [2.24, 2.45) is 7.05 Å². The molecule has 0 fully saturated rings. The number of rotatable bonds is 2. The Balaban J connectivity index is 2.47. The van der Waals surface area contributed by atoms with E-state index in [0.29, 0.717) is 0 Å². The second-order valence-corrected chi connectivity index (χ2v) is 4.54. The maximum absolute atomic E-state index is 9.53. The summed E-state index contributed by atoms with van der Waals surface area (Å²) in [6.45, 7) is 3.66. The Morgan fingerprint density at radius 2 is 2.27 bits per heavy atom. The fourth-order valence-electron chi connectivity index (χ4n) is 1.46. The van der Waals surface area contributed by atoms with Crippen molar-refractivity contribution in [2.45, 2.75) is 20.0 Å². The van der Waals surface area contributed by atoms with Crippen LogP contribution in [0.4, 0.5) is 0 Å². The lowest BCUT2D eigenvalue weighted by Crippen LogP contribution is -1.90. The summed E-state index contributed by atoms with van der Waals surface area (Å²) < 4.78 is 1.92. The van der Waals surface area contributed by atoms with E-state index < -0.39 is 6.10 Å². The molecule has 0 aliphatic rings. The molecule has 2 aromatic heterocycles. The first kappa shape index (κ1) is 10.3. The summed E-state index contributed by atoms with van der Waals surface area (Å²) in [6.07, 6.45) is 3.17. The zero-order valence-electron chi connectivity index (χ0n) is 8.93. The highest BCUT2D eigenvalue weighted by Crippen LogP contribution is 2.30. The van der Waals surface area contributed by atoms with E-state index >= 15 is 0 Å². The number of thiazole rings is 1. The molecule has 0 bridgehead atoms. The Kier molecular flexibility index (Phi) is 2.58. The second-order valence-electron chi connectivity index (χ2n) is 3.51. The first-order valence-corrected chi connectivity index (χ1v) is 5.54. The van der Waals surface area contributed by atoms with Crippen molar-refractivity contribution in [3.63, 3.8) is 0 Å². The van der Waals surface area contributed by atoms with Gasteiger partial charge in [0.05, 0.1) is 16.7 Å². The van der Waals surface area contributed by atoms with E-state index in [9.17, 15) is 5.11 Å². The predicted octanol–water partition coefficient (Wildman–Crippen LogP) is 1.91. The molecule has 0 saturated heterocycles. The number of aliphatic hydroxyl groups is 1. The van der Waals surface area contributed by atoms with Gasteiger partial charge in [0, 0.05) is 19.4 Å². The number of aliphatic hydroxyl groups excluding tert-OH is 1. The first-order valence-electron chi connectivity index (χ1n) is 4.72. The molecule has 2 rings (SSSR count). The molecule has 0 spiro atoms. The van der Waals surface area contributed by atoms with Crippen LogP contribution in [-0.4, -0.2) is 19.6 Å². The van der Waals surface area contributed by atoms with E-state index in [2.05, 4.69) is 9.97 Å². The van der Waals surface area contributed by atoms with Crippen molar-refractivity contribution in [1.82, 2.24) is 14.5 Å². The molecule has 1 N–H and O–H groups in total. The van der Waals surface area contributed by atoms with Gasteiger partial charge in [-0.3, -0.25) is 0 Å². The molecule has 0 radical (unpaired) electrons. The van der Waals surface area contributed by atoms with E-state index in [4.69, 9.17) is 0 Å². The molecule has 0 saturated carbocycles. The molecule has 15 heavy (non-hydrogen) atoms. The Morgan fingerprint density at radius 1 is 1.53 bits per heavy atom. The van der Waals surface area contributed by atoms with E-state index in [1.807, 2.05) is 24.7 Å². The van der Waals surface area contributed by atoms with Gasteiger partial charge in [0.1, 0.15) is 0 Å². The third-order valence-corrected chi connectivity index (χ3v) is 3.55. The van der Waals surface area contributed by atoms with Crippen LogP contribution in [0.2, 0.25) is 0 Å². The van der Waals surface area contributed by atoms with Crippen molar-refractivity contribution < 1.29 is 5.11 Å². The summed E-state index contributed by atoms with van der Waals surface area (Å²) in [7, 11) is 1.93. The summed E-state index contributed by atoms with van der Waals surface area (Å²) in [5.74, 6) is 0.843. The lowest BCUT2D eigenvalue weighted by molar-refractivity contribution is 0.202. The number of aromatic nitrogens is 3. The van der Waals surface area contributed by atoms with E-state index in [-0.39, 0.29) is 0 Å². The molecule has 0 amide bonds. The standard InChI is InChI=1S/C10H13N3OS/c1-6-8(7(2)14)15-10(12-6)9-11-4-5-13(9)3/h4-5,7,14H,1-3H3. The first-order chi connectivity index (χ1) is 7.09. The van der Waals surface area contributed by atoms with Gasteiger partial charge in [-0.15, -0.1) is 11.3 Å². The number of nitrogens with zero attached hydrogens (tertiary/aromatic N) is 3. The van der Waals surface area contributed by atoms with E-state index in [0.717, 1.165) is 21.4 Å². The van der Waals surface area contributed by atoms with E-state index in [1.54, 1.807) is 13.1 Å². The summed E-state index contributed by atoms with van der Waals surface area (Å²) in [5.41, 5.74) is 0.882. The predicted molar refractivity (Wildman–Crippen MR) is 59.7 cm³/mol. The van der Waals surface area contributed by atoms with Gasteiger partial charge in [-0.1, -0.05) is 0 Å². The minimum absolute atomic E-state index is 0.462. The van der Waals surface area contributed by atoms with Crippen LogP contribution in [0.3, 0.4) is 0 Å². The van der Waals surface area contributed by atoms with Crippen LogP contribution >= 0.6 is 11.3 Å². The lowest BCUT2D eigenvalue weighted by Gasteiger charge is -1.98. The Morgan fingerprint density at radius 3 is 2.73 bits per heavy atom. The molecule has 1 atom stereocenters. The molecule has 2 aromatic rings. The normalized spacial score (nSPS) is 13.1. The summed E-state index contributed by atoms with van der Waals surface area (Å²) in [5, 5.41) is 10.4. The van der Waals surface area contributed by atoms with Crippen LogP contribution in [0, 0.1) is 6.92 Å². The maximum Gasteiger partial charge on any atom is 0.168 e. The number of hydrogen-bond acceptors (Lipinski definition) is 4. The SMILES string of the molecule is Cc1nc(-c2nccn2C)sc1C(C)O. The Hall–Kier alpha value is -1.20. The zero-order valence-corrected chi connectivity index (χ0v) is 9.75. The van der Waals surface area contributed by atoms with Gasteiger partial charge in [0.15, 0.2) is 10.8 Å². The minimum Gasteiger partial charge on any atom is -0.388 e. The van der Waals surface area contributed by atoms with Gasteiger partial charge in [0.2, 0.25) is 0 Å². The van der Waals surface area contributed by atoms with Crippen molar-refractivity contribution in [3.05, 3.63) is 23.0 Å². The largest absolute Gasteiger partial charge is 0.388 e. The molecule has 80 valence electrons. The van der Waals surface area contributed by atoms with Gasteiger partial charge in [-0.05, 0) is 13.8 Å². The quantitative estimate of drug-likeness (QED) is 0.846. The van der Waals surface area contributed by atoms with Crippen LogP contribution in [-0.2, 0) is 7.05 Å².